The predicted octanol–water partition coefficient (Wildman–Crippen LogP) is 3.75. The number of amides is 1. The van der Waals surface area contributed by atoms with Crippen molar-refractivity contribution in [2.24, 2.45) is 0 Å². The standard InChI is InChI=1S/C16H22N2OS2/c1-12-7-6-8-13(2)15(12)17-14(19)11-21-16(20)18-9-4-3-5-10-18/h6-8H,3-5,9-11H2,1-2H3,(H,17,19). The van der Waals surface area contributed by atoms with E-state index in [-0.39, 0.29) is 5.91 Å². The summed E-state index contributed by atoms with van der Waals surface area (Å²) in [7, 11) is 0. The molecule has 1 amide bonds. The van der Waals surface area contributed by atoms with E-state index in [4.69, 9.17) is 12.2 Å². The zero-order valence-corrected chi connectivity index (χ0v) is 14.3. The maximum absolute atomic E-state index is 12.1. The fourth-order valence-corrected chi connectivity index (χ4v) is 3.53. The number of nitrogens with zero attached hydrogens (tertiary/aromatic N) is 1. The number of aryl methyl sites for hydroxylation is 2. The maximum Gasteiger partial charge on any atom is 0.234 e. The van der Waals surface area contributed by atoms with Gasteiger partial charge in [0, 0.05) is 18.8 Å². The molecule has 0 bridgehead atoms. The normalized spacial score (nSPS) is 14.9. The molecule has 0 saturated carbocycles. The third-order valence-corrected chi connectivity index (χ3v) is 5.21. The highest BCUT2D eigenvalue weighted by Crippen LogP contribution is 2.20. The van der Waals surface area contributed by atoms with Gasteiger partial charge in [0.25, 0.3) is 0 Å². The summed E-state index contributed by atoms with van der Waals surface area (Å²) in [4.78, 5) is 14.3. The van der Waals surface area contributed by atoms with Gasteiger partial charge >= 0.3 is 0 Å². The van der Waals surface area contributed by atoms with E-state index in [1.54, 1.807) is 0 Å². The van der Waals surface area contributed by atoms with Gasteiger partial charge in [-0.3, -0.25) is 4.79 Å². The van der Waals surface area contributed by atoms with Crippen LogP contribution in [0.5, 0.6) is 0 Å². The van der Waals surface area contributed by atoms with E-state index in [0.717, 1.165) is 34.2 Å². The summed E-state index contributed by atoms with van der Waals surface area (Å²) in [6.07, 6.45) is 3.70. The maximum atomic E-state index is 12.1. The van der Waals surface area contributed by atoms with Crippen LogP contribution in [0, 0.1) is 13.8 Å². The van der Waals surface area contributed by atoms with Crippen LogP contribution in [0.15, 0.2) is 18.2 Å². The van der Waals surface area contributed by atoms with Gasteiger partial charge in [0.1, 0.15) is 4.32 Å². The number of hydrogen-bond donors (Lipinski definition) is 1. The third kappa shape index (κ3) is 4.71. The molecule has 3 nitrogen and oxygen atoms in total. The highest BCUT2D eigenvalue weighted by atomic mass is 32.2. The predicted molar refractivity (Wildman–Crippen MR) is 95.0 cm³/mol. The van der Waals surface area contributed by atoms with Crippen molar-refractivity contribution in [3.05, 3.63) is 29.3 Å². The average Bonchev–Trinajstić information content (AvgIpc) is 2.49. The lowest BCUT2D eigenvalue weighted by Gasteiger charge is -2.28. The Morgan fingerprint density at radius 1 is 1.24 bits per heavy atom. The molecule has 0 spiro atoms. The van der Waals surface area contributed by atoms with Crippen molar-refractivity contribution in [2.45, 2.75) is 33.1 Å². The molecule has 1 aliphatic rings. The SMILES string of the molecule is Cc1cccc(C)c1NC(=O)CSC(=S)N1CCCCC1. The Morgan fingerprint density at radius 2 is 1.86 bits per heavy atom. The van der Waals surface area contributed by atoms with Crippen LogP contribution in [-0.4, -0.2) is 34.0 Å². The number of thiocarbonyl (C=S) groups is 1. The number of para-hydroxylation sites is 1. The van der Waals surface area contributed by atoms with Gasteiger partial charge in [-0.05, 0) is 44.2 Å². The molecule has 0 atom stereocenters. The van der Waals surface area contributed by atoms with Crippen molar-refractivity contribution in [1.29, 1.82) is 0 Å². The van der Waals surface area contributed by atoms with Gasteiger partial charge in [-0.15, -0.1) is 0 Å². The first kappa shape index (κ1) is 16.3. The summed E-state index contributed by atoms with van der Waals surface area (Å²) < 4.78 is 0.853. The first-order valence-corrected chi connectivity index (χ1v) is 8.75. The minimum absolute atomic E-state index is 0.0109. The number of nitrogens with one attached hydrogen (secondary N) is 1. The van der Waals surface area contributed by atoms with E-state index in [1.165, 1.54) is 31.0 Å². The molecule has 1 aromatic rings. The van der Waals surface area contributed by atoms with Gasteiger partial charge in [-0.1, -0.05) is 42.2 Å². The molecule has 21 heavy (non-hydrogen) atoms. The Labute approximate surface area is 136 Å². The molecular weight excluding hydrogens is 300 g/mol. The molecule has 1 fully saturated rings. The van der Waals surface area contributed by atoms with E-state index in [9.17, 15) is 4.79 Å². The van der Waals surface area contributed by atoms with Crippen LogP contribution in [0.2, 0.25) is 0 Å². The van der Waals surface area contributed by atoms with Crippen LogP contribution >= 0.6 is 24.0 Å². The van der Waals surface area contributed by atoms with Crippen LogP contribution in [0.1, 0.15) is 30.4 Å². The molecule has 1 saturated heterocycles. The quantitative estimate of drug-likeness (QED) is 0.859. The van der Waals surface area contributed by atoms with E-state index in [0.29, 0.717) is 5.75 Å². The van der Waals surface area contributed by atoms with Crippen molar-refractivity contribution < 1.29 is 4.79 Å². The number of hydrogen-bond acceptors (Lipinski definition) is 3. The van der Waals surface area contributed by atoms with Gasteiger partial charge < -0.3 is 10.2 Å². The molecule has 2 rings (SSSR count). The minimum Gasteiger partial charge on any atom is -0.358 e. The molecule has 1 aromatic carbocycles. The lowest BCUT2D eigenvalue weighted by molar-refractivity contribution is -0.113. The summed E-state index contributed by atoms with van der Waals surface area (Å²) in [5.74, 6) is 0.389. The number of carbonyl (C=O) groups excluding carboxylic acids is 1. The molecule has 0 aromatic heterocycles. The van der Waals surface area contributed by atoms with E-state index in [1.807, 2.05) is 32.0 Å². The Bertz CT molecular complexity index is 505. The number of piperidine rings is 1. The highest BCUT2D eigenvalue weighted by molar-refractivity contribution is 8.23. The van der Waals surface area contributed by atoms with Crippen LogP contribution in [0.3, 0.4) is 0 Å². The first-order chi connectivity index (χ1) is 10.1. The first-order valence-electron chi connectivity index (χ1n) is 7.35. The fourth-order valence-electron chi connectivity index (χ4n) is 2.48. The van der Waals surface area contributed by atoms with E-state index >= 15 is 0 Å². The van der Waals surface area contributed by atoms with Crippen molar-refractivity contribution in [3.8, 4) is 0 Å². The van der Waals surface area contributed by atoms with Gasteiger partial charge in [0.2, 0.25) is 5.91 Å². The Morgan fingerprint density at radius 3 is 2.48 bits per heavy atom. The minimum atomic E-state index is 0.0109. The van der Waals surface area contributed by atoms with Gasteiger partial charge in [-0.2, -0.15) is 0 Å². The van der Waals surface area contributed by atoms with Gasteiger partial charge in [0.15, 0.2) is 0 Å². The third-order valence-electron chi connectivity index (χ3n) is 3.69. The smallest absolute Gasteiger partial charge is 0.234 e. The number of likely N-dealkylation sites (tertiary alicyclic amines) is 1. The Balaban J connectivity index is 1.83. The lowest BCUT2D eigenvalue weighted by atomic mass is 10.1. The molecular formula is C16H22N2OS2. The molecule has 0 unspecified atom stereocenters. The summed E-state index contributed by atoms with van der Waals surface area (Å²) in [6.45, 7) is 6.08. The van der Waals surface area contributed by atoms with E-state index in [2.05, 4.69) is 10.2 Å². The molecule has 1 N–H and O–H groups in total. The van der Waals surface area contributed by atoms with Crippen LogP contribution in [-0.2, 0) is 4.79 Å². The number of anilines is 1. The average molecular weight is 322 g/mol. The lowest BCUT2D eigenvalue weighted by Crippen LogP contribution is -2.33. The number of carbonyl (C=O) groups is 1. The Hall–Kier alpha value is -1.07. The fraction of sp³-hybridized carbons (Fsp3) is 0.500. The van der Waals surface area contributed by atoms with Gasteiger partial charge in [0.05, 0.1) is 5.75 Å². The van der Waals surface area contributed by atoms with Crippen molar-refractivity contribution in [1.82, 2.24) is 4.90 Å². The zero-order valence-electron chi connectivity index (χ0n) is 12.6. The summed E-state index contributed by atoms with van der Waals surface area (Å²) in [6, 6.07) is 6.02. The second-order valence-corrected chi connectivity index (χ2v) is 7.03. The number of rotatable bonds is 3. The summed E-state index contributed by atoms with van der Waals surface area (Å²) in [5.41, 5.74) is 3.10. The molecule has 0 radical (unpaired) electrons. The summed E-state index contributed by atoms with van der Waals surface area (Å²) in [5, 5.41) is 3.00. The number of benzene rings is 1. The van der Waals surface area contributed by atoms with Crippen LogP contribution < -0.4 is 5.32 Å². The molecule has 1 aliphatic heterocycles. The molecule has 5 heteroatoms. The van der Waals surface area contributed by atoms with Crippen LogP contribution in [0.4, 0.5) is 5.69 Å². The van der Waals surface area contributed by atoms with Crippen LogP contribution in [0.25, 0.3) is 0 Å². The Kier molecular flexibility index (Phi) is 6.06. The second kappa shape index (κ2) is 7.80. The molecule has 114 valence electrons. The monoisotopic (exact) mass is 322 g/mol. The van der Waals surface area contributed by atoms with Crippen molar-refractivity contribution in [2.75, 3.05) is 24.2 Å². The largest absolute Gasteiger partial charge is 0.358 e. The topological polar surface area (TPSA) is 32.3 Å². The van der Waals surface area contributed by atoms with Crippen molar-refractivity contribution in [3.63, 3.8) is 0 Å². The molecule has 1 heterocycles. The summed E-state index contributed by atoms with van der Waals surface area (Å²) >= 11 is 6.88. The molecule has 0 aliphatic carbocycles. The zero-order chi connectivity index (χ0) is 15.2. The highest BCUT2D eigenvalue weighted by Gasteiger charge is 2.15. The second-order valence-electron chi connectivity index (χ2n) is 5.42. The van der Waals surface area contributed by atoms with Gasteiger partial charge in [-0.25, -0.2) is 0 Å². The number of thioether (sulfide) groups is 1. The van der Waals surface area contributed by atoms with E-state index < -0.39 is 0 Å². The van der Waals surface area contributed by atoms with Crippen molar-refractivity contribution >= 4 is 39.9 Å².